The Kier molecular flexibility index (Phi) is 54.3. The van der Waals surface area contributed by atoms with Crippen LogP contribution in [-0.2, 0) is 162 Å². The van der Waals surface area contributed by atoms with Crippen molar-refractivity contribution < 1.29 is 162 Å². The Labute approximate surface area is 847 Å². The first-order valence-corrected chi connectivity index (χ1v) is 46.8. The quantitative estimate of drug-likeness (QED) is 0.0964. The average Bonchev–Trinajstić information content (AvgIpc) is 1.53. The zero-order chi connectivity index (χ0) is 95.5. The molecule has 1 spiro atoms. The molecule has 18 aliphatic rings. The zero-order valence-corrected chi connectivity index (χ0v) is 80.5. The molecule has 0 amide bonds. The summed E-state index contributed by atoms with van der Waals surface area (Å²) in [6.07, 6.45) is 10.3. The Bertz CT molecular complexity index is 3980. The molecule has 826 valence electrons. The Balaban J connectivity index is -0.00000156. The van der Waals surface area contributed by atoms with Crippen molar-refractivity contribution in [2.24, 2.45) is 97.6 Å². The highest BCUT2D eigenvalue weighted by Gasteiger charge is 2.72. The van der Waals surface area contributed by atoms with Gasteiger partial charge in [0.2, 0.25) is 12.2 Å². The summed E-state index contributed by atoms with van der Waals surface area (Å²) in [7, 11) is 7.40. The van der Waals surface area contributed by atoms with Crippen LogP contribution in [0.1, 0.15) is 356 Å². The fraction of sp³-hybridized carbons (Fsp3) is 0.879. The van der Waals surface area contributed by atoms with Gasteiger partial charge in [-0.25, -0.2) is 9.59 Å². The van der Waals surface area contributed by atoms with Gasteiger partial charge in [0.25, 0.3) is 0 Å². The lowest BCUT2D eigenvalue weighted by Gasteiger charge is -2.33. The molecule has 27 unspecified atom stereocenters. The molecule has 0 radical (unpaired) electrons. The minimum atomic E-state index is -1.07. The summed E-state index contributed by atoms with van der Waals surface area (Å²) in [6.45, 7) is 38.5. The summed E-state index contributed by atoms with van der Waals surface area (Å²) in [4.78, 5) is 153. The van der Waals surface area contributed by atoms with Crippen molar-refractivity contribution in [3.63, 3.8) is 0 Å². The molecule has 12 heterocycles. The molecular formula is C107H194O34. The highest BCUT2D eigenvalue weighted by atomic mass is 16.9. The second-order valence-corrected chi connectivity index (χ2v) is 41.6. The predicted octanol–water partition coefficient (Wildman–Crippen LogP) is 19.2. The smallest absolute Gasteiger partial charge is 0.350 e. The molecule has 6 aliphatic carbocycles. The number of rotatable bonds is 17. The van der Waals surface area contributed by atoms with Gasteiger partial charge in [-0.2, -0.15) is 0 Å². The van der Waals surface area contributed by atoms with Gasteiger partial charge >= 0.3 is 77.6 Å². The van der Waals surface area contributed by atoms with Crippen LogP contribution in [0.15, 0.2) is 0 Å². The lowest BCUT2D eigenvalue weighted by atomic mass is 9.78. The lowest BCUT2D eigenvalue weighted by molar-refractivity contribution is -0.246. The van der Waals surface area contributed by atoms with Gasteiger partial charge in [-0.3, -0.25) is 52.7 Å². The average molecular weight is 2020 g/mol. The van der Waals surface area contributed by atoms with E-state index in [4.69, 9.17) is 85.3 Å². The maximum Gasteiger partial charge on any atom is 0.350 e. The molecule has 27 atom stereocenters. The molecule has 18 fully saturated rings. The highest BCUT2D eigenvalue weighted by molar-refractivity contribution is 5.88. The number of carbonyl (C=O) groups excluding carboxylic acids is 13. The van der Waals surface area contributed by atoms with Gasteiger partial charge < -0.3 is 99.5 Å². The summed E-state index contributed by atoms with van der Waals surface area (Å²) in [5.41, 5.74) is -3.05. The molecule has 141 heavy (non-hydrogen) atoms. The Morgan fingerprint density at radius 3 is 1.18 bits per heavy atom. The molecule has 6 bridgehead atoms. The fourth-order valence-corrected chi connectivity index (χ4v) is 19.7. The van der Waals surface area contributed by atoms with Crippen molar-refractivity contribution >= 4 is 77.6 Å². The minimum Gasteiger partial charge on any atom is -0.469 e. The Morgan fingerprint density at radius 2 is 0.745 bits per heavy atom. The third-order valence-corrected chi connectivity index (χ3v) is 30.3. The van der Waals surface area contributed by atoms with Gasteiger partial charge in [-0.1, -0.05) is 150 Å². The molecule has 12 saturated heterocycles. The van der Waals surface area contributed by atoms with Crippen molar-refractivity contribution in [3.05, 3.63) is 0 Å². The van der Waals surface area contributed by atoms with Crippen molar-refractivity contribution in [1.29, 1.82) is 0 Å². The molecular weight excluding hydrogens is 1830 g/mol. The molecule has 12 aliphatic heterocycles. The van der Waals surface area contributed by atoms with E-state index in [0.29, 0.717) is 68.8 Å². The molecule has 0 N–H and O–H groups in total. The van der Waals surface area contributed by atoms with Gasteiger partial charge in [0.05, 0.1) is 103 Å². The normalized spacial score (nSPS) is 32.8. The second-order valence-electron chi connectivity index (χ2n) is 41.6. The topological polar surface area (TPSA) is 416 Å². The minimum absolute atomic E-state index is 0. The number of hydrogen-bond acceptors (Lipinski definition) is 34. The zero-order valence-electron chi connectivity index (χ0n) is 80.5. The molecule has 0 aromatic rings. The number of hydrogen-bond donors (Lipinski definition) is 0. The summed E-state index contributed by atoms with van der Waals surface area (Å²) in [6, 6.07) is 0. The summed E-state index contributed by atoms with van der Waals surface area (Å²) in [5, 5.41) is 0. The van der Waals surface area contributed by atoms with Crippen LogP contribution in [0.5, 0.6) is 0 Å². The number of cyclic esters (lactones) is 2. The van der Waals surface area contributed by atoms with Gasteiger partial charge in [0.15, 0.2) is 60.8 Å². The SMILES string of the molecule is C.C.C.C.C.C.C.C.C.C.C.C.CCC(C)(C)C(=O)OC.CCC(C)(C)C(=O)OC.CCC(C)(C)C(=O)OC1C(=O)OC2C3OC(C)(C)OC3OC12.CCC(C)(C)C(=O)OC1C(=O)OC2C3OC4(CCCCC4)OC3OC12.CCC(C)(C)C(=O)OC1C2CC3C(=O)OC1C3O2.CCC(C)(C)C(=O)OC1C2CC3C1OC(=O)C3C2C(=O)OC.COC.O=C1OCC2C3CCC(C3)C12.O=C1OCC2CCCCC12. The first-order valence-electron chi connectivity index (χ1n) is 46.8. The summed E-state index contributed by atoms with van der Waals surface area (Å²) in [5.74, 6) is -3.13. The van der Waals surface area contributed by atoms with Crippen LogP contribution >= 0.6 is 0 Å². The van der Waals surface area contributed by atoms with Crippen LogP contribution in [0, 0.1) is 97.6 Å². The number of carbonyl (C=O) groups is 13. The van der Waals surface area contributed by atoms with E-state index in [2.05, 4.69) is 14.2 Å². The molecule has 34 nitrogen and oxygen atoms in total. The van der Waals surface area contributed by atoms with Crippen molar-refractivity contribution in [2.45, 2.75) is 466 Å². The summed E-state index contributed by atoms with van der Waals surface area (Å²) >= 11 is 0. The fourth-order valence-electron chi connectivity index (χ4n) is 19.7. The van der Waals surface area contributed by atoms with Crippen LogP contribution in [0.25, 0.3) is 0 Å². The van der Waals surface area contributed by atoms with Gasteiger partial charge in [0.1, 0.15) is 30.5 Å². The number of methoxy groups -OCH3 is 4. The third-order valence-electron chi connectivity index (χ3n) is 30.3. The predicted molar refractivity (Wildman–Crippen MR) is 533 cm³/mol. The van der Waals surface area contributed by atoms with Crippen LogP contribution < -0.4 is 0 Å². The van der Waals surface area contributed by atoms with Crippen LogP contribution in [0.4, 0.5) is 0 Å². The van der Waals surface area contributed by atoms with Crippen molar-refractivity contribution in [1.82, 2.24) is 0 Å². The van der Waals surface area contributed by atoms with Gasteiger partial charge in [0, 0.05) is 50.7 Å². The van der Waals surface area contributed by atoms with Crippen LogP contribution in [0.2, 0.25) is 0 Å². The van der Waals surface area contributed by atoms with Crippen LogP contribution in [0.3, 0.4) is 0 Å². The molecule has 6 saturated carbocycles. The van der Waals surface area contributed by atoms with E-state index in [9.17, 15) is 62.3 Å². The number of fused-ring (bicyclic) bond motifs is 14. The monoisotopic (exact) mass is 2020 g/mol. The molecule has 0 aromatic carbocycles. The lowest BCUT2D eigenvalue weighted by Crippen LogP contribution is -2.45. The van der Waals surface area contributed by atoms with Crippen LogP contribution in [-0.4, -0.2) is 236 Å². The Morgan fingerprint density at radius 1 is 0.333 bits per heavy atom. The van der Waals surface area contributed by atoms with E-state index in [0.717, 1.165) is 57.5 Å². The van der Waals surface area contributed by atoms with E-state index in [-0.39, 0.29) is 184 Å². The van der Waals surface area contributed by atoms with Crippen molar-refractivity contribution in [3.8, 4) is 0 Å². The molecule has 18 rings (SSSR count). The maximum atomic E-state index is 12.4. The van der Waals surface area contributed by atoms with E-state index in [1.807, 2.05) is 96.9 Å². The largest absolute Gasteiger partial charge is 0.469 e. The number of ether oxygens (including phenoxy) is 21. The number of esters is 13. The molecule has 34 heteroatoms. The first-order chi connectivity index (χ1) is 60.5. The third kappa shape index (κ3) is 29.6. The standard InChI is InChI=1S/C18H26O7.C16H22O6.C15H22O7.C13H18O5.C9H12O2.C8H12O2.2C7H14O2.C2H6O.12CH4/c1-4-17(2,3)16(20)23-12-10-11(21-14(12)19)13-15(22-10)25-18(24-13)8-6-5-7-9-18;1-5-16(2,3)15(19)22-12-7-6-8-10(9(7)13(17)20-4)14(18)21-11(8)12;1-6-14(2,3)13(17)20-9-7-8(18-11(9)16)10-12(19-7)22-15(4,5)21-10;1-4-13(2,3)12(15)18-9-7-5-6-8(16-7)10(9)17-11(6)14;10-9-8-6-2-1-5(3-6)7(8)4-11-9;9-8-7-4-2-1-3-6(7)5-10-8;2*1-5-7(2,3)6(8)9-4;1-3-2;;;;;;;;;;;;/h10-13,15H,4-9H2,1-3H3;7-12H,5-6H2,1-4H3;7-10,12H,6H2,1-5H3;6-10H,4-5H2,1-3H3;5-8H,1-4H2;6-7H,1-5H2;2*5H2,1-4H3;1-2H3;12*1H4. The Hall–Kier alpha value is -7.21. The highest BCUT2D eigenvalue weighted by Crippen LogP contribution is 2.60. The van der Waals surface area contributed by atoms with E-state index in [1.54, 1.807) is 55.8 Å². The second kappa shape index (κ2) is 55.5. The van der Waals surface area contributed by atoms with E-state index < -0.39 is 161 Å². The van der Waals surface area contributed by atoms with Crippen molar-refractivity contribution in [2.75, 3.05) is 48.8 Å². The van der Waals surface area contributed by atoms with Gasteiger partial charge in [-0.15, -0.1) is 0 Å². The van der Waals surface area contributed by atoms with E-state index >= 15 is 0 Å². The summed E-state index contributed by atoms with van der Waals surface area (Å²) < 4.78 is 112. The molecule has 0 aromatic heterocycles. The first kappa shape index (κ1) is 138. The van der Waals surface area contributed by atoms with Gasteiger partial charge in [-0.05, 0) is 205 Å². The maximum absolute atomic E-state index is 12.4. The van der Waals surface area contributed by atoms with E-state index in [1.165, 1.54) is 66.3 Å².